The van der Waals surface area contributed by atoms with Crippen molar-refractivity contribution >= 4 is 17.7 Å². The first kappa shape index (κ1) is 26.6. The van der Waals surface area contributed by atoms with E-state index in [1.165, 1.54) is 0 Å². The van der Waals surface area contributed by atoms with Crippen molar-refractivity contribution in [2.75, 3.05) is 19.6 Å². The number of carbonyl (C=O) groups excluding carboxylic acids is 3. The van der Waals surface area contributed by atoms with E-state index in [1.54, 1.807) is 33.1 Å². The first-order valence-electron chi connectivity index (χ1n) is 13.8. The summed E-state index contributed by atoms with van der Waals surface area (Å²) in [6, 6.07) is 9.02. The summed E-state index contributed by atoms with van der Waals surface area (Å²) in [6.07, 6.45) is 8.80. The van der Waals surface area contributed by atoms with E-state index in [9.17, 15) is 14.4 Å². The van der Waals surface area contributed by atoms with Crippen molar-refractivity contribution in [2.45, 2.75) is 70.6 Å². The van der Waals surface area contributed by atoms with E-state index < -0.39 is 12.1 Å². The van der Waals surface area contributed by atoms with Crippen LogP contribution in [0.5, 0.6) is 0 Å². The molecule has 3 amide bonds. The monoisotopic (exact) mass is 532 g/mol. The molecular weight excluding hydrogens is 496 g/mol. The van der Waals surface area contributed by atoms with E-state index in [2.05, 4.69) is 15.4 Å². The number of hydrogen-bond donors (Lipinski definition) is 1. The number of aromatic nitrogens is 5. The number of nitrogens with one attached hydrogen (secondary N) is 1. The average Bonchev–Trinajstić information content (AvgIpc) is 3.59. The quantitative estimate of drug-likeness (QED) is 0.548. The second-order valence-electron chi connectivity index (χ2n) is 10.3. The maximum Gasteiger partial charge on any atom is 0.243 e. The Morgan fingerprint density at radius 2 is 1.90 bits per heavy atom. The molecular formula is C28H36N8O3. The number of benzene rings is 1. The van der Waals surface area contributed by atoms with E-state index in [0.717, 1.165) is 18.4 Å². The molecule has 3 aromatic rings. The highest BCUT2D eigenvalue weighted by Crippen LogP contribution is 2.23. The molecule has 2 aromatic heterocycles. The average molecular weight is 533 g/mol. The highest BCUT2D eigenvalue weighted by atomic mass is 16.2. The minimum Gasteiger partial charge on any atom is -0.344 e. The fourth-order valence-electron chi connectivity index (χ4n) is 5.50. The Hall–Kier alpha value is -4.02. The number of aryl methyl sites for hydroxylation is 1. The molecule has 1 saturated heterocycles. The zero-order valence-corrected chi connectivity index (χ0v) is 22.4. The van der Waals surface area contributed by atoms with Crippen LogP contribution in [-0.2, 0) is 33.9 Å². The fraction of sp³-hybridized carbons (Fsp3) is 0.500. The van der Waals surface area contributed by atoms with Crippen LogP contribution >= 0.6 is 0 Å². The van der Waals surface area contributed by atoms with Crippen LogP contribution in [0.15, 0.2) is 49.1 Å². The van der Waals surface area contributed by atoms with Gasteiger partial charge in [-0.3, -0.25) is 14.4 Å². The molecule has 1 N–H and O–H groups in total. The van der Waals surface area contributed by atoms with E-state index >= 15 is 0 Å². The largest absolute Gasteiger partial charge is 0.344 e. The molecule has 0 unspecified atom stereocenters. The van der Waals surface area contributed by atoms with Gasteiger partial charge in [0.2, 0.25) is 17.7 Å². The van der Waals surface area contributed by atoms with Gasteiger partial charge in [-0.25, -0.2) is 14.6 Å². The third-order valence-corrected chi connectivity index (χ3v) is 7.47. The standard InChI is InChI=1S/C28H36N8O3/c1-21-30-27-23(18-22-8-3-2-4-9-22)31-28(39)24-10-5-6-14-35(24)25(37)11-7-13-34(16-17-36(27)32-21)26(38)19-33-15-12-29-20-33/h2-4,8-9,12,15,20,23-24H,5-7,10-11,13-14,16-19H2,1H3,(H,31,39)/t23-,24+/m1/s1. The molecule has 4 heterocycles. The molecule has 11 heteroatoms. The second kappa shape index (κ2) is 12.2. The van der Waals surface area contributed by atoms with Gasteiger partial charge in [0.25, 0.3) is 0 Å². The van der Waals surface area contributed by atoms with Crippen molar-refractivity contribution in [1.29, 1.82) is 0 Å². The van der Waals surface area contributed by atoms with Crippen molar-refractivity contribution in [3.63, 3.8) is 0 Å². The van der Waals surface area contributed by atoms with Gasteiger partial charge in [0, 0.05) is 38.4 Å². The number of imidazole rings is 1. The van der Waals surface area contributed by atoms with Crippen LogP contribution in [0.25, 0.3) is 0 Å². The first-order valence-corrected chi connectivity index (χ1v) is 13.8. The Labute approximate surface area is 228 Å². The molecule has 2 aliphatic heterocycles. The lowest BCUT2D eigenvalue weighted by molar-refractivity contribution is -0.143. The zero-order valence-electron chi connectivity index (χ0n) is 22.4. The summed E-state index contributed by atoms with van der Waals surface area (Å²) >= 11 is 0. The molecule has 1 aromatic carbocycles. The van der Waals surface area contributed by atoms with Crippen molar-refractivity contribution in [3.05, 3.63) is 66.3 Å². The molecule has 2 aliphatic rings. The van der Waals surface area contributed by atoms with Gasteiger partial charge >= 0.3 is 0 Å². The molecule has 206 valence electrons. The minimum atomic E-state index is -0.510. The summed E-state index contributed by atoms with van der Waals surface area (Å²) in [5.41, 5.74) is 1.06. The highest BCUT2D eigenvalue weighted by molar-refractivity contribution is 5.88. The van der Waals surface area contributed by atoms with Crippen LogP contribution < -0.4 is 5.32 Å². The summed E-state index contributed by atoms with van der Waals surface area (Å²) in [5.74, 6) is 1.03. The smallest absolute Gasteiger partial charge is 0.243 e. The molecule has 11 nitrogen and oxygen atoms in total. The number of piperidine rings is 1. The summed E-state index contributed by atoms with van der Waals surface area (Å²) in [5, 5.41) is 7.86. The van der Waals surface area contributed by atoms with Crippen molar-refractivity contribution in [3.8, 4) is 0 Å². The predicted molar refractivity (Wildman–Crippen MR) is 143 cm³/mol. The number of carbonyl (C=O) groups is 3. The molecule has 5 rings (SSSR count). The van der Waals surface area contributed by atoms with Gasteiger partial charge in [-0.05, 0) is 44.6 Å². The maximum atomic E-state index is 13.7. The minimum absolute atomic E-state index is 0.0347. The van der Waals surface area contributed by atoms with Gasteiger partial charge in [0.1, 0.15) is 24.2 Å². The summed E-state index contributed by atoms with van der Waals surface area (Å²) in [4.78, 5) is 52.5. The van der Waals surface area contributed by atoms with Crippen LogP contribution in [0.4, 0.5) is 0 Å². The van der Waals surface area contributed by atoms with E-state index in [-0.39, 0.29) is 24.3 Å². The molecule has 0 spiro atoms. The normalized spacial score (nSPS) is 21.1. The van der Waals surface area contributed by atoms with Crippen LogP contribution in [0, 0.1) is 6.92 Å². The third kappa shape index (κ3) is 6.52. The fourth-order valence-corrected chi connectivity index (χ4v) is 5.50. The maximum absolute atomic E-state index is 13.7. The predicted octanol–water partition coefficient (Wildman–Crippen LogP) is 1.89. The molecule has 0 bridgehead atoms. The van der Waals surface area contributed by atoms with Crippen LogP contribution in [0.1, 0.15) is 55.4 Å². The number of fused-ring (bicyclic) bond motifs is 2. The molecule has 1 fully saturated rings. The van der Waals surface area contributed by atoms with E-state index in [1.807, 2.05) is 41.9 Å². The highest BCUT2D eigenvalue weighted by Gasteiger charge is 2.34. The van der Waals surface area contributed by atoms with Crippen LogP contribution in [0.3, 0.4) is 0 Å². The van der Waals surface area contributed by atoms with E-state index in [0.29, 0.717) is 63.5 Å². The van der Waals surface area contributed by atoms with Crippen molar-refractivity contribution in [1.82, 2.24) is 39.4 Å². The Morgan fingerprint density at radius 3 is 2.69 bits per heavy atom. The van der Waals surface area contributed by atoms with Gasteiger partial charge in [-0.15, -0.1) is 0 Å². The van der Waals surface area contributed by atoms with Gasteiger partial charge in [-0.2, -0.15) is 5.10 Å². The van der Waals surface area contributed by atoms with E-state index in [4.69, 9.17) is 4.98 Å². The van der Waals surface area contributed by atoms with Crippen molar-refractivity contribution in [2.24, 2.45) is 0 Å². The SMILES string of the molecule is Cc1nc2n(n1)CCN(C(=O)Cn1ccnc1)CCCC(=O)N1CCCC[C@H]1C(=O)N[C@@H]2Cc1ccccc1. The summed E-state index contributed by atoms with van der Waals surface area (Å²) in [6.45, 7) is 3.86. The lowest BCUT2D eigenvalue weighted by Crippen LogP contribution is -2.53. The number of hydrogen-bond acceptors (Lipinski definition) is 6. The lowest BCUT2D eigenvalue weighted by Gasteiger charge is -2.36. The number of rotatable bonds is 4. The molecule has 0 saturated carbocycles. The Bertz CT molecular complexity index is 1270. The van der Waals surface area contributed by atoms with Gasteiger partial charge in [-0.1, -0.05) is 30.3 Å². The van der Waals surface area contributed by atoms with Gasteiger partial charge in [0.05, 0.1) is 18.9 Å². The van der Waals surface area contributed by atoms with Crippen LogP contribution in [0.2, 0.25) is 0 Å². The summed E-state index contributed by atoms with van der Waals surface area (Å²) in [7, 11) is 0. The Balaban J connectivity index is 1.46. The molecule has 2 atom stereocenters. The van der Waals surface area contributed by atoms with Gasteiger partial charge < -0.3 is 19.7 Å². The number of amides is 3. The Kier molecular flexibility index (Phi) is 8.33. The van der Waals surface area contributed by atoms with Gasteiger partial charge in [0.15, 0.2) is 0 Å². The summed E-state index contributed by atoms with van der Waals surface area (Å²) < 4.78 is 3.56. The zero-order chi connectivity index (χ0) is 27.2. The number of nitrogens with zero attached hydrogens (tertiary/aromatic N) is 7. The van der Waals surface area contributed by atoms with Crippen LogP contribution in [-0.4, -0.2) is 77.5 Å². The first-order chi connectivity index (χ1) is 19.0. The molecule has 0 aliphatic carbocycles. The molecule has 39 heavy (non-hydrogen) atoms. The Morgan fingerprint density at radius 1 is 1.05 bits per heavy atom. The second-order valence-corrected chi connectivity index (χ2v) is 10.3. The topological polar surface area (TPSA) is 118 Å². The molecule has 0 radical (unpaired) electrons. The lowest BCUT2D eigenvalue weighted by atomic mass is 9.99. The third-order valence-electron chi connectivity index (χ3n) is 7.47. The van der Waals surface area contributed by atoms with Crippen molar-refractivity contribution < 1.29 is 14.4 Å².